The molecule has 2 N–H and O–H groups in total. The normalized spacial score (nSPS) is 12.7. The SMILES string of the molecule is CCC(N)c1nnc(-c2ccc(C)c(Br)c2)o1. The first kappa shape index (κ1) is 12.3. The summed E-state index contributed by atoms with van der Waals surface area (Å²) in [5, 5.41) is 7.97. The molecule has 0 saturated heterocycles. The molecule has 1 unspecified atom stereocenters. The van der Waals surface area contributed by atoms with E-state index >= 15 is 0 Å². The summed E-state index contributed by atoms with van der Waals surface area (Å²) in [5.41, 5.74) is 7.89. The van der Waals surface area contributed by atoms with Crippen molar-refractivity contribution in [2.24, 2.45) is 5.73 Å². The first-order valence-corrected chi connectivity index (χ1v) is 6.26. The number of nitrogens with two attached hydrogens (primary N) is 1. The van der Waals surface area contributed by atoms with E-state index in [9.17, 15) is 0 Å². The van der Waals surface area contributed by atoms with Crippen LogP contribution in [0.5, 0.6) is 0 Å². The fourth-order valence-corrected chi connectivity index (χ4v) is 1.78. The van der Waals surface area contributed by atoms with E-state index < -0.39 is 0 Å². The summed E-state index contributed by atoms with van der Waals surface area (Å²) >= 11 is 3.48. The van der Waals surface area contributed by atoms with Gasteiger partial charge in [-0.25, -0.2) is 0 Å². The maximum atomic E-state index is 5.83. The Hall–Kier alpha value is -1.20. The summed E-state index contributed by atoms with van der Waals surface area (Å²) in [7, 11) is 0. The number of rotatable bonds is 3. The molecule has 0 spiro atoms. The Labute approximate surface area is 108 Å². The summed E-state index contributed by atoms with van der Waals surface area (Å²) in [4.78, 5) is 0. The highest BCUT2D eigenvalue weighted by Gasteiger charge is 2.14. The molecule has 0 aliphatic carbocycles. The lowest BCUT2D eigenvalue weighted by Gasteiger charge is -2.01. The molecule has 0 fully saturated rings. The zero-order valence-electron chi connectivity index (χ0n) is 9.77. The van der Waals surface area contributed by atoms with E-state index in [-0.39, 0.29) is 6.04 Å². The Balaban J connectivity index is 2.33. The van der Waals surface area contributed by atoms with Crippen LogP contribution >= 0.6 is 15.9 Å². The highest BCUT2D eigenvalue weighted by Crippen LogP contribution is 2.25. The molecular formula is C12H14BrN3O. The first-order chi connectivity index (χ1) is 8.11. The monoisotopic (exact) mass is 295 g/mol. The standard InChI is InChI=1S/C12H14BrN3O/c1-3-10(14)12-16-15-11(17-12)8-5-4-7(2)9(13)6-8/h4-6,10H,3,14H2,1-2H3. The average Bonchev–Trinajstić information content (AvgIpc) is 2.81. The molecule has 1 aromatic heterocycles. The average molecular weight is 296 g/mol. The van der Waals surface area contributed by atoms with Gasteiger partial charge in [0.05, 0.1) is 6.04 Å². The topological polar surface area (TPSA) is 64.9 Å². The van der Waals surface area contributed by atoms with E-state index in [0.717, 1.165) is 16.5 Å². The molecule has 0 aliphatic rings. The van der Waals surface area contributed by atoms with Crippen LogP contribution in [0.2, 0.25) is 0 Å². The lowest BCUT2D eigenvalue weighted by molar-refractivity contribution is 0.452. The van der Waals surface area contributed by atoms with Crippen molar-refractivity contribution in [2.75, 3.05) is 0 Å². The third-order valence-corrected chi connectivity index (χ3v) is 3.47. The van der Waals surface area contributed by atoms with Crippen molar-refractivity contribution in [3.05, 3.63) is 34.1 Å². The van der Waals surface area contributed by atoms with Gasteiger partial charge in [-0.15, -0.1) is 10.2 Å². The van der Waals surface area contributed by atoms with Crippen LogP contribution in [0, 0.1) is 6.92 Å². The van der Waals surface area contributed by atoms with Gasteiger partial charge < -0.3 is 10.2 Å². The van der Waals surface area contributed by atoms with E-state index in [1.165, 1.54) is 5.56 Å². The van der Waals surface area contributed by atoms with Crippen LogP contribution in [-0.2, 0) is 0 Å². The number of hydrogen-bond donors (Lipinski definition) is 1. The maximum Gasteiger partial charge on any atom is 0.247 e. The third-order valence-electron chi connectivity index (χ3n) is 2.62. The van der Waals surface area contributed by atoms with Gasteiger partial charge in [0.25, 0.3) is 0 Å². The summed E-state index contributed by atoms with van der Waals surface area (Å²) < 4.78 is 6.57. The molecule has 0 aliphatic heterocycles. The lowest BCUT2D eigenvalue weighted by atomic mass is 10.1. The van der Waals surface area contributed by atoms with Gasteiger partial charge in [-0.3, -0.25) is 0 Å². The van der Waals surface area contributed by atoms with Crippen LogP contribution < -0.4 is 5.73 Å². The van der Waals surface area contributed by atoms with Crippen LogP contribution in [-0.4, -0.2) is 10.2 Å². The van der Waals surface area contributed by atoms with Crippen molar-refractivity contribution in [3.8, 4) is 11.5 Å². The van der Waals surface area contributed by atoms with Crippen LogP contribution in [0.1, 0.15) is 30.8 Å². The van der Waals surface area contributed by atoms with Gasteiger partial charge in [0, 0.05) is 10.0 Å². The van der Waals surface area contributed by atoms with Crippen molar-refractivity contribution in [2.45, 2.75) is 26.3 Å². The second-order valence-corrected chi connectivity index (χ2v) is 4.78. The van der Waals surface area contributed by atoms with Crippen LogP contribution in [0.25, 0.3) is 11.5 Å². The van der Waals surface area contributed by atoms with Crippen molar-refractivity contribution in [3.63, 3.8) is 0 Å². The van der Waals surface area contributed by atoms with Gasteiger partial charge in [0.1, 0.15) is 0 Å². The molecule has 1 heterocycles. The van der Waals surface area contributed by atoms with Crippen molar-refractivity contribution in [1.29, 1.82) is 0 Å². The Kier molecular flexibility index (Phi) is 3.59. The number of nitrogens with zero attached hydrogens (tertiary/aromatic N) is 2. The molecule has 90 valence electrons. The Bertz CT molecular complexity index is 524. The van der Waals surface area contributed by atoms with E-state index in [0.29, 0.717) is 11.8 Å². The molecule has 5 heteroatoms. The molecule has 1 aromatic carbocycles. The number of aryl methyl sites for hydroxylation is 1. The number of benzene rings is 1. The number of aromatic nitrogens is 2. The molecule has 0 bridgehead atoms. The third kappa shape index (κ3) is 2.56. The van der Waals surface area contributed by atoms with Gasteiger partial charge in [-0.05, 0) is 31.0 Å². The quantitative estimate of drug-likeness (QED) is 0.944. The molecule has 4 nitrogen and oxygen atoms in total. The minimum Gasteiger partial charge on any atom is -0.419 e. The minimum absolute atomic E-state index is 0.190. The van der Waals surface area contributed by atoms with Crippen LogP contribution in [0.15, 0.2) is 27.1 Å². The fourth-order valence-electron chi connectivity index (χ4n) is 1.40. The molecule has 17 heavy (non-hydrogen) atoms. The number of hydrogen-bond acceptors (Lipinski definition) is 4. The summed E-state index contributed by atoms with van der Waals surface area (Å²) in [5.74, 6) is 0.990. The van der Waals surface area contributed by atoms with E-state index in [1.807, 2.05) is 32.0 Å². The first-order valence-electron chi connectivity index (χ1n) is 5.47. The predicted octanol–water partition coefficient (Wildman–Crippen LogP) is 3.22. The van der Waals surface area contributed by atoms with Crippen molar-refractivity contribution in [1.82, 2.24) is 10.2 Å². The van der Waals surface area contributed by atoms with Crippen molar-refractivity contribution >= 4 is 15.9 Å². The van der Waals surface area contributed by atoms with Gasteiger partial charge in [-0.1, -0.05) is 28.9 Å². The van der Waals surface area contributed by atoms with E-state index in [4.69, 9.17) is 10.2 Å². The molecular weight excluding hydrogens is 282 g/mol. The van der Waals surface area contributed by atoms with Gasteiger partial charge in [0.15, 0.2) is 0 Å². The smallest absolute Gasteiger partial charge is 0.247 e. The number of halogens is 1. The fraction of sp³-hybridized carbons (Fsp3) is 0.333. The lowest BCUT2D eigenvalue weighted by Crippen LogP contribution is -2.08. The predicted molar refractivity (Wildman–Crippen MR) is 69.4 cm³/mol. The summed E-state index contributed by atoms with van der Waals surface area (Å²) in [6.07, 6.45) is 0.777. The molecule has 2 aromatic rings. The zero-order chi connectivity index (χ0) is 12.4. The van der Waals surface area contributed by atoms with Crippen LogP contribution in [0.3, 0.4) is 0 Å². The van der Waals surface area contributed by atoms with E-state index in [2.05, 4.69) is 26.1 Å². The molecule has 2 rings (SSSR count). The maximum absolute atomic E-state index is 5.83. The minimum atomic E-state index is -0.190. The van der Waals surface area contributed by atoms with E-state index in [1.54, 1.807) is 0 Å². The highest BCUT2D eigenvalue weighted by molar-refractivity contribution is 9.10. The van der Waals surface area contributed by atoms with Crippen molar-refractivity contribution < 1.29 is 4.42 Å². The molecule has 0 saturated carbocycles. The Morgan fingerprint density at radius 1 is 1.41 bits per heavy atom. The second kappa shape index (κ2) is 4.98. The Morgan fingerprint density at radius 3 is 2.82 bits per heavy atom. The largest absolute Gasteiger partial charge is 0.419 e. The van der Waals surface area contributed by atoms with Gasteiger partial charge >= 0.3 is 0 Å². The summed E-state index contributed by atoms with van der Waals surface area (Å²) in [6.45, 7) is 4.01. The Morgan fingerprint density at radius 2 is 2.18 bits per heavy atom. The van der Waals surface area contributed by atoms with Gasteiger partial charge in [0.2, 0.25) is 11.8 Å². The second-order valence-electron chi connectivity index (χ2n) is 3.92. The van der Waals surface area contributed by atoms with Crippen LogP contribution in [0.4, 0.5) is 0 Å². The molecule has 0 amide bonds. The van der Waals surface area contributed by atoms with Gasteiger partial charge in [-0.2, -0.15) is 0 Å². The highest BCUT2D eigenvalue weighted by atomic mass is 79.9. The molecule has 0 radical (unpaired) electrons. The summed E-state index contributed by atoms with van der Waals surface area (Å²) in [6, 6.07) is 5.73. The molecule has 1 atom stereocenters. The zero-order valence-corrected chi connectivity index (χ0v) is 11.4.